The smallest absolute Gasteiger partial charge is 0.167 e. The number of aliphatic hydroxyl groups excluding tert-OH is 1. The van der Waals surface area contributed by atoms with Gasteiger partial charge in [0.15, 0.2) is 11.9 Å². The molecule has 0 spiro atoms. The molecule has 1 atom stereocenters. The molecule has 4 heterocycles. The molecule has 0 amide bonds. The molecule has 2 aliphatic heterocycles. The standard InChI is InChI=1S/C24H27ClN6O2/c1-17-7-8-18(25)15-20(17)29-9-11-30(12-10-29)23-22-19(5-4-13-32)28-31(24(22)27-16-26-23)21-6-2-3-14-33-21/h7-8,15-16,21,32H,2-3,6,9-14H2,1H3. The van der Waals surface area contributed by atoms with Crippen LogP contribution in [0.3, 0.4) is 0 Å². The molecule has 8 nitrogen and oxygen atoms in total. The molecule has 2 aliphatic rings. The highest BCUT2D eigenvalue weighted by Crippen LogP contribution is 2.32. The van der Waals surface area contributed by atoms with E-state index in [1.165, 1.54) is 11.3 Å². The number of aliphatic hydroxyl groups is 1. The number of ether oxygens (including phenoxy) is 1. The van der Waals surface area contributed by atoms with Gasteiger partial charge >= 0.3 is 0 Å². The van der Waals surface area contributed by atoms with Crippen LogP contribution >= 0.6 is 11.6 Å². The molecule has 2 fully saturated rings. The number of benzene rings is 1. The number of piperazine rings is 1. The summed E-state index contributed by atoms with van der Waals surface area (Å²) in [6.07, 6.45) is 4.47. The Kier molecular flexibility index (Phi) is 6.36. The van der Waals surface area contributed by atoms with Crippen LogP contribution in [0.1, 0.15) is 36.7 Å². The third kappa shape index (κ3) is 4.36. The molecule has 2 aromatic heterocycles. The van der Waals surface area contributed by atoms with Gasteiger partial charge in [0.1, 0.15) is 24.4 Å². The predicted molar refractivity (Wildman–Crippen MR) is 129 cm³/mol. The maximum Gasteiger partial charge on any atom is 0.167 e. The molecular formula is C24H27ClN6O2. The summed E-state index contributed by atoms with van der Waals surface area (Å²) in [5.41, 5.74) is 3.69. The maximum atomic E-state index is 9.26. The Hall–Kier alpha value is -2.86. The van der Waals surface area contributed by atoms with Gasteiger partial charge in [-0.2, -0.15) is 5.10 Å². The fourth-order valence-electron chi connectivity index (χ4n) is 4.61. The molecule has 0 radical (unpaired) electrons. The zero-order chi connectivity index (χ0) is 22.8. The van der Waals surface area contributed by atoms with Gasteiger partial charge in [0.2, 0.25) is 0 Å². The second-order valence-electron chi connectivity index (χ2n) is 8.38. The lowest BCUT2D eigenvalue weighted by molar-refractivity contribution is -0.0370. The van der Waals surface area contributed by atoms with E-state index < -0.39 is 0 Å². The van der Waals surface area contributed by atoms with Crippen molar-refractivity contribution in [2.24, 2.45) is 0 Å². The van der Waals surface area contributed by atoms with Gasteiger partial charge in [-0.3, -0.25) is 0 Å². The predicted octanol–water partition coefficient (Wildman–Crippen LogP) is 3.16. The minimum Gasteiger partial charge on any atom is -0.384 e. The first kappa shape index (κ1) is 22.0. The molecule has 9 heteroatoms. The zero-order valence-corrected chi connectivity index (χ0v) is 19.4. The molecule has 5 rings (SSSR count). The number of aromatic nitrogens is 4. The second-order valence-corrected chi connectivity index (χ2v) is 8.81. The fourth-order valence-corrected chi connectivity index (χ4v) is 4.77. The van der Waals surface area contributed by atoms with Crippen molar-refractivity contribution in [2.75, 3.05) is 49.2 Å². The third-order valence-corrected chi connectivity index (χ3v) is 6.51. The Morgan fingerprint density at radius 1 is 1.15 bits per heavy atom. The SMILES string of the molecule is Cc1ccc(Cl)cc1N1CCN(c2ncnc3c2c(C#CCO)nn3C2CCCCO2)CC1. The van der Waals surface area contributed by atoms with Gasteiger partial charge in [0.25, 0.3) is 0 Å². The van der Waals surface area contributed by atoms with E-state index in [-0.39, 0.29) is 12.8 Å². The van der Waals surface area contributed by atoms with Gasteiger partial charge in [-0.1, -0.05) is 23.6 Å². The molecule has 172 valence electrons. The van der Waals surface area contributed by atoms with Crippen molar-refractivity contribution >= 4 is 34.1 Å². The first-order chi connectivity index (χ1) is 16.2. The molecule has 1 aromatic carbocycles. The van der Waals surface area contributed by atoms with Crippen LogP contribution in [-0.4, -0.2) is 64.2 Å². The van der Waals surface area contributed by atoms with Gasteiger partial charge in [-0.15, -0.1) is 0 Å². The minimum atomic E-state index is -0.227. The van der Waals surface area contributed by atoms with Crippen molar-refractivity contribution < 1.29 is 9.84 Å². The normalized spacial score (nSPS) is 18.9. The van der Waals surface area contributed by atoms with Crippen molar-refractivity contribution in [3.05, 3.63) is 40.8 Å². The lowest BCUT2D eigenvalue weighted by Gasteiger charge is -2.37. The van der Waals surface area contributed by atoms with Crippen LogP contribution in [0.2, 0.25) is 5.02 Å². The van der Waals surface area contributed by atoms with E-state index in [1.54, 1.807) is 6.33 Å². The molecule has 3 aromatic rings. The Bertz CT molecular complexity index is 1200. The van der Waals surface area contributed by atoms with Crippen LogP contribution in [0.15, 0.2) is 24.5 Å². The van der Waals surface area contributed by atoms with E-state index in [2.05, 4.69) is 44.6 Å². The van der Waals surface area contributed by atoms with E-state index in [1.807, 2.05) is 16.8 Å². The summed E-state index contributed by atoms with van der Waals surface area (Å²) in [6, 6.07) is 6.02. The highest BCUT2D eigenvalue weighted by atomic mass is 35.5. The van der Waals surface area contributed by atoms with Gasteiger partial charge in [-0.05, 0) is 49.8 Å². The monoisotopic (exact) mass is 466 g/mol. The minimum absolute atomic E-state index is 0.156. The van der Waals surface area contributed by atoms with Gasteiger partial charge in [0, 0.05) is 43.5 Å². The fraction of sp³-hybridized carbons (Fsp3) is 0.458. The lowest BCUT2D eigenvalue weighted by Crippen LogP contribution is -2.47. The number of rotatable bonds is 3. The Balaban J connectivity index is 1.47. The Labute approximate surface area is 198 Å². The van der Waals surface area contributed by atoms with Crippen molar-refractivity contribution in [3.63, 3.8) is 0 Å². The van der Waals surface area contributed by atoms with Crippen molar-refractivity contribution in [3.8, 4) is 11.8 Å². The second kappa shape index (κ2) is 9.56. The average Bonchev–Trinajstić information content (AvgIpc) is 3.24. The topological polar surface area (TPSA) is 79.5 Å². The summed E-state index contributed by atoms with van der Waals surface area (Å²) in [6.45, 7) is 5.90. The van der Waals surface area contributed by atoms with E-state index in [0.717, 1.165) is 67.3 Å². The quantitative estimate of drug-likeness (QED) is 0.594. The van der Waals surface area contributed by atoms with E-state index in [9.17, 15) is 5.11 Å². The van der Waals surface area contributed by atoms with E-state index in [4.69, 9.17) is 21.4 Å². The summed E-state index contributed by atoms with van der Waals surface area (Å²) in [5, 5.41) is 15.6. The number of hydrogen-bond donors (Lipinski definition) is 1. The summed E-state index contributed by atoms with van der Waals surface area (Å²) < 4.78 is 7.81. The lowest BCUT2D eigenvalue weighted by atomic mass is 10.1. The van der Waals surface area contributed by atoms with Crippen LogP contribution in [-0.2, 0) is 4.74 Å². The molecule has 0 bridgehead atoms. The van der Waals surface area contributed by atoms with Crippen molar-refractivity contribution in [1.29, 1.82) is 0 Å². The number of nitrogens with zero attached hydrogens (tertiary/aromatic N) is 6. The first-order valence-corrected chi connectivity index (χ1v) is 11.7. The van der Waals surface area contributed by atoms with E-state index in [0.29, 0.717) is 12.3 Å². The van der Waals surface area contributed by atoms with Crippen LogP contribution < -0.4 is 9.80 Å². The molecule has 1 N–H and O–H groups in total. The Morgan fingerprint density at radius 3 is 2.73 bits per heavy atom. The molecule has 33 heavy (non-hydrogen) atoms. The van der Waals surface area contributed by atoms with Gasteiger partial charge in [-0.25, -0.2) is 14.6 Å². The number of halogens is 1. The van der Waals surface area contributed by atoms with Gasteiger partial charge in [0.05, 0.1) is 5.39 Å². The average molecular weight is 467 g/mol. The van der Waals surface area contributed by atoms with Crippen LogP contribution in [0, 0.1) is 18.8 Å². The summed E-state index contributed by atoms with van der Waals surface area (Å²) in [4.78, 5) is 13.8. The summed E-state index contributed by atoms with van der Waals surface area (Å²) in [5.74, 6) is 6.57. The number of hydrogen-bond acceptors (Lipinski definition) is 7. The molecule has 2 saturated heterocycles. The summed E-state index contributed by atoms with van der Waals surface area (Å²) in [7, 11) is 0. The highest BCUT2D eigenvalue weighted by Gasteiger charge is 2.27. The molecule has 1 unspecified atom stereocenters. The largest absolute Gasteiger partial charge is 0.384 e. The van der Waals surface area contributed by atoms with Crippen molar-refractivity contribution in [1.82, 2.24) is 19.7 Å². The van der Waals surface area contributed by atoms with Crippen LogP contribution in [0.4, 0.5) is 11.5 Å². The van der Waals surface area contributed by atoms with E-state index >= 15 is 0 Å². The van der Waals surface area contributed by atoms with Crippen molar-refractivity contribution in [2.45, 2.75) is 32.4 Å². The molecule has 0 aliphatic carbocycles. The first-order valence-electron chi connectivity index (χ1n) is 11.4. The Morgan fingerprint density at radius 2 is 1.97 bits per heavy atom. The number of aryl methyl sites for hydroxylation is 1. The highest BCUT2D eigenvalue weighted by molar-refractivity contribution is 6.30. The maximum absolute atomic E-state index is 9.26. The van der Waals surface area contributed by atoms with Crippen LogP contribution in [0.25, 0.3) is 11.0 Å². The number of anilines is 2. The molecule has 0 saturated carbocycles. The third-order valence-electron chi connectivity index (χ3n) is 6.27. The number of fused-ring (bicyclic) bond motifs is 1. The zero-order valence-electron chi connectivity index (χ0n) is 18.7. The summed E-state index contributed by atoms with van der Waals surface area (Å²) >= 11 is 6.25. The van der Waals surface area contributed by atoms with Gasteiger partial charge < -0.3 is 19.6 Å². The van der Waals surface area contributed by atoms with Crippen LogP contribution in [0.5, 0.6) is 0 Å². The molecular weight excluding hydrogens is 440 g/mol.